The second-order valence-electron chi connectivity index (χ2n) is 3.95. The Kier molecular flexibility index (Phi) is 3.83. The van der Waals surface area contributed by atoms with E-state index in [4.69, 9.17) is 0 Å². The van der Waals surface area contributed by atoms with E-state index < -0.39 is 0 Å². The molecule has 1 aromatic rings. The lowest BCUT2D eigenvalue weighted by molar-refractivity contribution is 0.241. The molecule has 2 atom stereocenters. The van der Waals surface area contributed by atoms with Crippen molar-refractivity contribution in [2.24, 2.45) is 0 Å². The van der Waals surface area contributed by atoms with E-state index in [1.54, 1.807) is 0 Å². The quantitative estimate of drug-likeness (QED) is 0.817. The Balaban J connectivity index is 1.77. The summed E-state index contributed by atoms with van der Waals surface area (Å²) < 4.78 is 0. The van der Waals surface area contributed by atoms with E-state index in [0.29, 0.717) is 18.5 Å². The largest absolute Gasteiger partial charge is 0.337 e. The van der Waals surface area contributed by atoms with Crippen molar-refractivity contribution in [1.82, 2.24) is 10.6 Å². The van der Waals surface area contributed by atoms with Gasteiger partial charge in [-0.15, -0.1) is 0 Å². The normalized spacial score (nSPS) is 22.6. The zero-order valence-corrected chi connectivity index (χ0v) is 10.5. The molecule has 0 aromatic heterocycles. The molecule has 16 heavy (non-hydrogen) atoms. The van der Waals surface area contributed by atoms with Crippen LogP contribution < -0.4 is 10.6 Å². The van der Waals surface area contributed by atoms with Crippen molar-refractivity contribution in [3.05, 3.63) is 35.9 Å². The fourth-order valence-electron chi connectivity index (χ4n) is 1.80. The highest BCUT2D eigenvalue weighted by Gasteiger charge is 2.39. The molecule has 2 amide bonds. The van der Waals surface area contributed by atoms with Crippen LogP contribution in [-0.4, -0.2) is 23.9 Å². The number of urea groups is 1. The van der Waals surface area contributed by atoms with Crippen molar-refractivity contribution in [3.8, 4) is 0 Å². The van der Waals surface area contributed by atoms with Crippen molar-refractivity contribution in [2.75, 3.05) is 11.9 Å². The second-order valence-corrected chi connectivity index (χ2v) is 4.74. The molecule has 1 aliphatic rings. The molecule has 0 bridgehead atoms. The summed E-state index contributed by atoms with van der Waals surface area (Å²) in [7, 11) is 0. The van der Waals surface area contributed by atoms with Crippen LogP contribution in [0.5, 0.6) is 0 Å². The molecule has 2 N–H and O–H groups in total. The molecule has 1 aromatic carbocycles. The highest BCUT2D eigenvalue weighted by Crippen LogP contribution is 2.40. The van der Waals surface area contributed by atoms with Crippen LogP contribution in [0.4, 0.5) is 4.79 Å². The minimum Gasteiger partial charge on any atom is -0.337 e. The third-order valence-corrected chi connectivity index (χ3v) is 3.11. The lowest BCUT2D eigenvalue weighted by atomic mass is 10.1. The molecule has 1 aliphatic carbocycles. The number of nitrogens with one attached hydrogen (secondary N) is 2. The molecule has 1 saturated carbocycles. The molecule has 0 aliphatic heterocycles. The molecule has 86 valence electrons. The predicted molar refractivity (Wildman–Crippen MR) is 67.9 cm³/mol. The van der Waals surface area contributed by atoms with E-state index in [-0.39, 0.29) is 6.03 Å². The zero-order chi connectivity index (χ0) is 11.4. The highest BCUT2D eigenvalue weighted by molar-refractivity contribution is 9.09. The fourth-order valence-corrected chi connectivity index (χ4v) is 2.00. The van der Waals surface area contributed by atoms with Gasteiger partial charge in [0.1, 0.15) is 0 Å². The van der Waals surface area contributed by atoms with Crippen LogP contribution in [0.25, 0.3) is 0 Å². The Morgan fingerprint density at radius 3 is 2.81 bits per heavy atom. The molecule has 0 spiro atoms. The third kappa shape index (κ3) is 2.98. The average Bonchev–Trinajstić information content (AvgIpc) is 3.07. The van der Waals surface area contributed by atoms with Gasteiger partial charge in [-0.05, 0) is 12.0 Å². The van der Waals surface area contributed by atoms with Gasteiger partial charge in [-0.3, -0.25) is 0 Å². The topological polar surface area (TPSA) is 41.1 Å². The van der Waals surface area contributed by atoms with Gasteiger partial charge in [-0.25, -0.2) is 4.79 Å². The maximum atomic E-state index is 11.4. The van der Waals surface area contributed by atoms with E-state index in [1.165, 1.54) is 5.56 Å². The van der Waals surface area contributed by atoms with Crippen LogP contribution in [0.1, 0.15) is 17.9 Å². The Morgan fingerprint density at radius 2 is 2.12 bits per heavy atom. The van der Waals surface area contributed by atoms with Gasteiger partial charge >= 0.3 is 6.03 Å². The first kappa shape index (κ1) is 11.5. The third-order valence-electron chi connectivity index (χ3n) is 2.71. The smallest absolute Gasteiger partial charge is 0.315 e. The highest BCUT2D eigenvalue weighted by atomic mass is 79.9. The number of alkyl halides is 1. The van der Waals surface area contributed by atoms with Gasteiger partial charge in [0.25, 0.3) is 0 Å². The molecule has 1 fully saturated rings. The summed E-state index contributed by atoms with van der Waals surface area (Å²) in [6, 6.07) is 10.5. The lowest BCUT2D eigenvalue weighted by Crippen LogP contribution is -2.38. The number of halogens is 1. The summed E-state index contributed by atoms with van der Waals surface area (Å²) >= 11 is 3.27. The summed E-state index contributed by atoms with van der Waals surface area (Å²) in [5, 5.41) is 6.53. The van der Waals surface area contributed by atoms with Gasteiger partial charge in [0, 0.05) is 23.8 Å². The van der Waals surface area contributed by atoms with Gasteiger partial charge in [0.05, 0.1) is 0 Å². The lowest BCUT2D eigenvalue weighted by Gasteiger charge is -2.05. The van der Waals surface area contributed by atoms with Crippen molar-refractivity contribution in [2.45, 2.75) is 18.4 Å². The maximum Gasteiger partial charge on any atom is 0.315 e. The molecular formula is C12H15BrN2O. The maximum absolute atomic E-state index is 11.4. The predicted octanol–water partition coefficient (Wildman–Crippen LogP) is 2.24. The van der Waals surface area contributed by atoms with E-state index in [2.05, 4.69) is 38.7 Å². The number of carbonyl (C=O) groups is 1. The Labute approximate surface area is 104 Å². The summed E-state index contributed by atoms with van der Waals surface area (Å²) in [5.41, 5.74) is 1.31. The van der Waals surface area contributed by atoms with Gasteiger partial charge in [-0.2, -0.15) is 0 Å². The summed E-state index contributed by atoms with van der Waals surface area (Å²) in [5.74, 6) is 0.496. The molecule has 4 heteroatoms. The fraction of sp³-hybridized carbons (Fsp3) is 0.417. The van der Waals surface area contributed by atoms with E-state index in [1.807, 2.05) is 18.2 Å². The standard InChI is InChI=1S/C12H15BrN2O/c13-6-7-14-12(16)15-11-8-10(11)9-4-2-1-3-5-9/h1-5,10-11H,6-8H2,(H2,14,15,16)/t10-,11+/m1/s1. The van der Waals surface area contributed by atoms with Crippen molar-refractivity contribution < 1.29 is 4.79 Å². The van der Waals surface area contributed by atoms with Gasteiger partial charge < -0.3 is 10.6 Å². The van der Waals surface area contributed by atoms with Crippen LogP contribution in [0.15, 0.2) is 30.3 Å². The number of benzene rings is 1. The van der Waals surface area contributed by atoms with Crippen molar-refractivity contribution in [1.29, 1.82) is 0 Å². The molecule has 3 nitrogen and oxygen atoms in total. The minimum atomic E-state index is -0.0668. The zero-order valence-electron chi connectivity index (χ0n) is 8.95. The van der Waals surface area contributed by atoms with E-state index in [9.17, 15) is 4.79 Å². The van der Waals surface area contributed by atoms with E-state index in [0.717, 1.165) is 11.8 Å². The summed E-state index contributed by atoms with van der Waals surface area (Å²) in [6.07, 6.45) is 1.05. The summed E-state index contributed by atoms with van der Waals surface area (Å²) in [4.78, 5) is 11.4. The molecule has 0 unspecified atom stereocenters. The van der Waals surface area contributed by atoms with Crippen LogP contribution >= 0.6 is 15.9 Å². The first-order valence-electron chi connectivity index (χ1n) is 5.46. The van der Waals surface area contributed by atoms with Crippen LogP contribution in [0.2, 0.25) is 0 Å². The second kappa shape index (κ2) is 5.34. The summed E-state index contributed by atoms with van der Waals surface area (Å²) in [6.45, 7) is 0.661. The Bertz CT molecular complexity index is 355. The van der Waals surface area contributed by atoms with Crippen LogP contribution in [0.3, 0.4) is 0 Å². The average molecular weight is 283 g/mol. The number of carbonyl (C=O) groups excluding carboxylic acids is 1. The van der Waals surface area contributed by atoms with E-state index >= 15 is 0 Å². The molecule has 0 saturated heterocycles. The van der Waals surface area contributed by atoms with Gasteiger partial charge in [-0.1, -0.05) is 46.3 Å². The Morgan fingerprint density at radius 1 is 1.38 bits per heavy atom. The van der Waals surface area contributed by atoms with Crippen LogP contribution in [-0.2, 0) is 0 Å². The monoisotopic (exact) mass is 282 g/mol. The van der Waals surface area contributed by atoms with Crippen molar-refractivity contribution in [3.63, 3.8) is 0 Å². The number of amides is 2. The molecule has 0 heterocycles. The van der Waals surface area contributed by atoms with Gasteiger partial charge in [0.15, 0.2) is 0 Å². The first-order valence-corrected chi connectivity index (χ1v) is 6.58. The van der Waals surface area contributed by atoms with Crippen molar-refractivity contribution >= 4 is 22.0 Å². The number of hydrogen-bond donors (Lipinski definition) is 2. The first-order chi connectivity index (χ1) is 7.81. The molecule has 0 radical (unpaired) electrons. The Hall–Kier alpha value is -1.03. The number of hydrogen-bond acceptors (Lipinski definition) is 1. The molecule has 2 rings (SSSR count). The van der Waals surface area contributed by atoms with Crippen LogP contribution in [0, 0.1) is 0 Å². The van der Waals surface area contributed by atoms with Gasteiger partial charge in [0.2, 0.25) is 0 Å². The number of rotatable bonds is 4. The minimum absolute atomic E-state index is 0.0668. The SMILES string of the molecule is O=C(NCCBr)N[C@H]1C[C@@H]1c1ccccc1. The molecular weight excluding hydrogens is 268 g/mol.